The molecule has 1 amide bonds. The van der Waals surface area contributed by atoms with Crippen LogP contribution in [0.25, 0.3) is 0 Å². The van der Waals surface area contributed by atoms with Gasteiger partial charge in [-0.2, -0.15) is 0 Å². The number of carboxylic acids is 1. The molecule has 0 saturated heterocycles. The number of ether oxygens (including phenoxy) is 1. The average molecular weight is 224 g/mol. The van der Waals surface area contributed by atoms with Gasteiger partial charge in [-0.05, 0) is 12.1 Å². The maximum absolute atomic E-state index is 11.5. The van der Waals surface area contributed by atoms with Crippen molar-refractivity contribution < 1.29 is 19.4 Å². The van der Waals surface area contributed by atoms with Crippen LogP contribution in [0.1, 0.15) is 10.4 Å². The summed E-state index contributed by atoms with van der Waals surface area (Å²) < 4.78 is 4.67. The fourth-order valence-corrected chi connectivity index (χ4v) is 1.06. The fourth-order valence-electron chi connectivity index (χ4n) is 1.06. The number of hydrogen-bond donors (Lipinski definition) is 2. The topological polar surface area (TPSA) is 88.5 Å². The summed E-state index contributed by atoms with van der Waals surface area (Å²) >= 11 is 0. The summed E-state index contributed by atoms with van der Waals surface area (Å²) in [6.07, 6.45) is 1.91. The first kappa shape index (κ1) is 12.1. The number of methoxy groups -OCH3 is 1. The van der Waals surface area contributed by atoms with Crippen LogP contribution >= 0.6 is 0 Å². The highest BCUT2D eigenvalue weighted by molar-refractivity contribution is 5.94. The van der Waals surface area contributed by atoms with Gasteiger partial charge in [0.25, 0.3) is 5.91 Å². The van der Waals surface area contributed by atoms with Crippen molar-refractivity contribution in [2.24, 2.45) is 0 Å². The first-order chi connectivity index (χ1) is 7.65. The first-order valence-electron chi connectivity index (χ1n) is 4.59. The molecule has 1 unspecified atom stereocenters. The molecule has 0 aliphatic heterocycles. The Labute approximate surface area is 92.3 Å². The molecule has 0 radical (unpaired) electrons. The quantitative estimate of drug-likeness (QED) is 0.729. The van der Waals surface area contributed by atoms with Crippen LogP contribution in [-0.4, -0.2) is 41.7 Å². The average Bonchev–Trinajstić information content (AvgIpc) is 2.30. The molecule has 2 N–H and O–H groups in total. The van der Waals surface area contributed by atoms with Gasteiger partial charge in [0.05, 0.1) is 12.1 Å². The molecule has 6 heteroatoms. The van der Waals surface area contributed by atoms with Crippen molar-refractivity contribution in [2.45, 2.75) is 6.10 Å². The zero-order valence-electron chi connectivity index (χ0n) is 8.71. The van der Waals surface area contributed by atoms with E-state index < -0.39 is 12.1 Å². The standard InChI is InChI=1S/C10H12N2O4/c1-16-8(10(14)15)6-12-9(13)7-3-2-4-11-5-7/h2-5,8H,6H2,1H3,(H,12,13)(H,14,15). The first-order valence-corrected chi connectivity index (χ1v) is 4.59. The number of nitrogens with zero attached hydrogens (tertiary/aromatic N) is 1. The van der Waals surface area contributed by atoms with Gasteiger partial charge in [0, 0.05) is 19.5 Å². The summed E-state index contributed by atoms with van der Waals surface area (Å²) in [5.74, 6) is -1.50. The number of aliphatic carboxylic acids is 1. The summed E-state index contributed by atoms with van der Waals surface area (Å²) in [6, 6.07) is 3.21. The predicted octanol–water partition coefficient (Wildman–Crippen LogP) is -0.0890. The second kappa shape index (κ2) is 5.82. The second-order valence-electron chi connectivity index (χ2n) is 3.01. The molecule has 1 heterocycles. The van der Waals surface area contributed by atoms with Crippen molar-refractivity contribution in [1.82, 2.24) is 10.3 Å². The van der Waals surface area contributed by atoms with E-state index in [1.165, 1.54) is 13.3 Å². The zero-order valence-corrected chi connectivity index (χ0v) is 8.71. The molecule has 0 fully saturated rings. The highest BCUT2D eigenvalue weighted by Gasteiger charge is 2.17. The highest BCUT2D eigenvalue weighted by Crippen LogP contribution is 1.96. The number of carboxylic acid groups (broad SMARTS) is 1. The Balaban J connectivity index is 2.50. The Morgan fingerprint density at radius 1 is 1.62 bits per heavy atom. The number of carbonyl (C=O) groups excluding carboxylic acids is 1. The van der Waals surface area contributed by atoms with Crippen LogP contribution in [0, 0.1) is 0 Å². The van der Waals surface area contributed by atoms with Gasteiger partial charge in [0.1, 0.15) is 0 Å². The minimum absolute atomic E-state index is 0.0838. The van der Waals surface area contributed by atoms with Gasteiger partial charge in [-0.15, -0.1) is 0 Å². The minimum Gasteiger partial charge on any atom is -0.479 e. The van der Waals surface area contributed by atoms with Gasteiger partial charge >= 0.3 is 5.97 Å². The van der Waals surface area contributed by atoms with Crippen LogP contribution < -0.4 is 5.32 Å². The van der Waals surface area contributed by atoms with Gasteiger partial charge in [0.15, 0.2) is 6.10 Å². The Bertz CT molecular complexity index is 366. The SMILES string of the molecule is COC(CNC(=O)c1cccnc1)C(=O)O. The summed E-state index contributed by atoms with van der Waals surface area (Å²) in [7, 11) is 1.27. The second-order valence-corrected chi connectivity index (χ2v) is 3.01. The number of pyridine rings is 1. The third-order valence-electron chi connectivity index (χ3n) is 1.93. The predicted molar refractivity (Wildman–Crippen MR) is 55.0 cm³/mol. The molecule has 0 spiro atoms. The van der Waals surface area contributed by atoms with Gasteiger partial charge in [-0.1, -0.05) is 0 Å². The maximum atomic E-state index is 11.5. The number of nitrogens with one attached hydrogen (secondary N) is 1. The Morgan fingerprint density at radius 3 is 2.88 bits per heavy atom. The van der Waals surface area contributed by atoms with E-state index in [0.717, 1.165) is 0 Å². The third kappa shape index (κ3) is 3.32. The van der Waals surface area contributed by atoms with Crippen molar-refractivity contribution in [3.8, 4) is 0 Å². The van der Waals surface area contributed by atoms with Crippen molar-refractivity contribution in [3.05, 3.63) is 30.1 Å². The Kier molecular flexibility index (Phi) is 4.41. The van der Waals surface area contributed by atoms with E-state index in [0.29, 0.717) is 5.56 Å². The molecule has 0 aliphatic carbocycles. The molecular formula is C10H12N2O4. The van der Waals surface area contributed by atoms with Crippen LogP contribution in [0.5, 0.6) is 0 Å². The summed E-state index contributed by atoms with van der Waals surface area (Å²) in [5.41, 5.74) is 0.378. The molecule has 0 aromatic carbocycles. The highest BCUT2D eigenvalue weighted by atomic mass is 16.5. The number of hydrogen-bond acceptors (Lipinski definition) is 4. The van der Waals surface area contributed by atoms with Gasteiger partial charge < -0.3 is 15.2 Å². The molecule has 0 saturated carbocycles. The van der Waals surface area contributed by atoms with E-state index in [1.54, 1.807) is 18.3 Å². The van der Waals surface area contributed by atoms with E-state index in [9.17, 15) is 9.59 Å². The van der Waals surface area contributed by atoms with Crippen molar-refractivity contribution in [2.75, 3.05) is 13.7 Å². The number of carbonyl (C=O) groups is 2. The molecule has 86 valence electrons. The molecule has 1 aromatic heterocycles. The van der Waals surface area contributed by atoms with E-state index in [1.807, 2.05) is 0 Å². The van der Waals surface area contributed by atoms with E-state index in [-0.39, 0.29) is 12.5 Å². The largest absolute Gasteiger partial charge is 0.479 e. The zero-order chi connectivity index (χ0) is 12.0. The van der Waals surface area contributed by atoms with Crippen LogP contribution in [0.4, 0.5) is 0 Å². The lowest BCUT2D eigenvalue weighted by Gasteiger charge is -2.11. The lowest BCUT2D eigenvalue weighted by Crippen LogP contribution is -2.37. The van der Waals surface area contributed by atoms with Gasteiger partial charge in [0.2, 0.25) is 0 Å². The minimum atomic E-state index is -1.12. The normalized spacial score (nSPS) is 11.8. The maximum Gasteiger partial charge on any atom is 0.334 e. The lowest BCUT2D eigenvalue weighted by atomic mass is 10.2. The molecule has 1 rings (SSSR count). The van der Waals surface area contributed by atoms with E-state index >= 15 is 0 Å². The number of aromatic nitrogens is 1. The molecule has 1 atom stereocenters. The Morgan fingerprint density at radius 2 is 2.38 bits per heavy atom. The number of amides is 1. The molecule has 1 aromatic rings. The van der Waals surface area contributed by atoms with E-state index in [4.69, 9.17) is 5.11 Å². The van der Waals surface area contributed by atoms with Crippen LogP contribution in [0.2, 0.25) is 0 Å². The molecule has 6 nitrogen and oxygen atoms in total. The Hall–Kier alpha value is -1.95. The van der Waals surface area contributed by atoms with E-state index in [2.05, 4.69) is 15.0 Å². The van der Waals surface area contributed by atoms with Gasteiger partial charge in [-0.3, -0.25) is 9.78 Å². The molecule has 16 heavy (non-hydrogen) atoms. The summed E-state index contributed by atoms with van der Waals surface area (Å²) in [6.45, 7) is -0.0838. The monoisotopic (exact) mass is 224 g/mol. The van der Waals surface area contributed by atoms with Crippen LogP contribution in [0.3, 0.4) is 0 Å². The van der Waals surface area contributed by atoms with Gasteiger partial charge in [-0.25, -0.2) is 4.79 Å². The van der Waals surface area contributed by atoms with Crippen molar-refractivity contribution in [3.63, 3.8) is 0 Å². The molecule has 0 aliphatic rings. The lowest BCUT2D eigenvalue weighted by molar-refractivity contribution is -0.148. The summed E-state index contributed by atoms with van der Waals surface area (Å²) in [4.78, 5) is 25.9. The van der Waals surface area contributed by atoms with Crippen molar-refractivity contribution >= 4 is 11.9 Å². The fraction of sp³-hybridized carbons (Fsp3) is 0.300. The third-order valence-corrected chi connectivity index (χ3v) is 1.93. The smallest absolute Gasteiger partial charge is 0.334 e. The van der Waals surface area contributed by atoms with Crippen LogP contribution in [0.15, 0.2) is 24.5 Å². The summed E-state index contributed by atoms with van der Waals surface area (Å²) in [5, 5.41) is 11.1. The van der Waals surface area contributed by atoms with Crippen molar-refractivity contribution in [1.29, 1.82) is 0 Å². The molecule has 0 bridgehead atoms. The molecular weight excluding hydrogens is 212 g/mol. The number of rotatable bonds is 5. The van der Waals surface area contributed by atoms with Crippen LogP contribution in [-0.2, 0) is 9.53 Å².